The molecule has 0 aliphatic carbocycles. The summed E-state index contributed by atoms with van der Waals surface area (Å²) < 4.78 is 0. The SMILES string of the molecule is CCCNc1cc(NCc2cncs2)nc(C(C)(C)C)n1. The molecule has 0 radical (unpaired) electrons. The van der Waals surface area contributed by atoms with E-state index in [2.05, 4.69) is 53.3 Å². The van der Waals surface area contributed by atoms with Crippen LogP contribution in [0.15, 0.2) is 17.8 Å². The third-order valence-corrected chi connectivity index (χ3v) is 3.66. The highest BCUT2D eigenvalue weighted by Crippen LogP contribution is 2.22. The molecule has 0 unspecified atom stereocenters. The highest BCUT2D eigenvalue weighted by Gasteiger charge is 2.19. The largest absolute Gasteiger partial charge is 0.370 e. The van der Waals surface area contributed by atoms with Crippen molar-refractivity contribution in [3.8, 4) is 0 Å². The second-order valence-electron chi connectivity index (χ2n) is 5.96. The van der Waals surface area contributed by atoms with Crippen molar-refractivity contribution in [2.75, 3.05) is 17.2 Å². The first-order valence-electron chi connectivity index (χ1n) is 7.23. The van der Waals surface area contributed by atoms with E-state index in [0.29, 0.717) is 0 Å². The van der Waals surface area contributed by atoms with Crippen LogP contribution in [0.4, 0.5) is 11.6 Å². The van der Waals surface area contributed by atoms with Crippen LogP contribution in [0.5, 0.6) is 0 Å². The topological polar surface area (TPSA) is 62.7 Å². The Balaban J connectivity index is 2.17. The summed E-state index contributed by atoms with van der Waals surface area (Å²) in [6, 6.07) is 1.96. The van der Waals surface area contributed by atoms with Crippen LogP contribution >= 0.6 is 11.3 Å². The number of aromatic nitrogens is 3. The average Bonchev–Trinajstić information content (AvgIpc) is 2.95. The molecule has 6 heteroatoms. The number of hydrogen-bond acceptors (Lipinski definition) is 6. The van der Waals surface area contributed by atoms with Gasteiger partial charge >= 0.3 is 0 Å². The molecular formula is C15H23N5S. The monoisotopic (exact) mass is 305 g/mol. The van der Waals surface area contributed by atoms with Gasteiger partial charge in [-0.15, -0.1) is 11.3 Å². The fraction of sp³-hybridized carbons (Fsp3) is 0.533. The molecule has 0 aromatic carbocycles. The van der Waals surface area contributed by atoms with Crippen molar-refractivity contribution >= 4 is 23.0 Å². The van der Waals surface area contributed by atoms with E-state index in [1.165, 1.54) is 4.88 Å². The van der Waals surface area contributed by atoms with E-state index in [1.807, 2.05) is 17.8 Å². The zero-order chi connectivity index (χ0) is 15.3. The number of anilines is 2. The summed E-state index contributed by atoms with van der Waals surface area (Å²) in [6.07, 6.45) is 2.94. The Labute approximate surface area is 130 Å². The molecule has 114 valence electrons. The van der Waals surface area contributed by atoms with Crippen molar-refractivity contribution in [3.63, 3.8) is 0 Å². The van der Waals surface area contributed by atoms with Crippen molar-refractivity contribution in [1.29, 1.82) is 0 Å². The summed E-state index contributed by atoms with van der Waals surface area (Å²) in [4.78, 5) is 14.5. The highest BCUT2D eigenvalue weighted by atomic mass is 32.1. The van der Waals surface area contributed by atoms with Gasteiger partial charge in [-0.3, -0.25) is 4.98 Å². The van der Waals surface area contributed by atoms with Gasteiger partial charge < -0.3 is 10.6 Å². The molecule has 0 bridgehead atoms. The van der Waals surface area contributed by atoms with Crippen LogP contribution in [-0.2, 0) is 12.0 Å². The van der Waals surface area contributed by atoms with Gasteiger partial charge in [-0.2, -0.15) is 0 Å². The maximum atomic E-state index is 4.63. The van der Waals surface area contributed by atoms with Gasteiger partial charge in [0.2, 0.25) is 0 Å². The summed E-state index contributed by atoms with van der Waals surface area (Å²) >= 11 is 1.64. The summed E-state index contributed by atoms with van der Waals surface area (Å²) in [5.74, 6) is 2.57. The van der Waals surface area contributed by atoms with Gasteiger partial charge in [-0.05, 0) is 6.42 Å². The molecule has 0 aliphatic rings. The second kappa shape index (κ2) is 6.85. The molecular weight excluding hydrogens is 282 g/mol. The van der Waals surface area contributed by atoms with Crippen LogP contribution in [0, 0.1) is 0 Å². The molecule has 0 aliphatic heterocycles. The minimum atomic E-state index is -0.0785. The predicted octanol–water partition coefficient (Wildman–Crippen LogP) is 3.66. The van der Waals surface area contributed by atoms with E-state index in [-0.39, 0.29) is 5.41 Å². The van der Waals surface area contributed by atoms with Gasteiger partial charge in [0.15, 0.2) is 0 Å². The molecule has 2 aromatic rings. The number of hydrogen-bond donors (Lipinski definition) is 2. The van der Waals surface area contributed by atoms with Crippen molar-refractivity contribution in [2.45, 2.75) is 46.1 Å². The third-order valence-electron chi connectivity index (χ3n) is 2.88. The van der Waals surface area contributed by atoms with Crippen molar-refractivity contribution < 1.29 is 0 Å². The lowest BCUT2D eigenvalue weighted by atomic mass is 9.96. The summed E-state index contributed by atoms with van der Waals surface area (Å²) in [6.45, 7) is 10.2. The predicted molar refractivity (Wildman–Crippen MR) is 89.0 cm³/mol. The Hall–Kier alpha value is -1.69. The third kappa shape index (κ3) is 4.67. The first-order chi connectivity index (χ1) is 9.99. The smallest absolute Gasteiger partial charge is 0.138 e. The lowest BCUT2D eigenvalue weighted by Crippen LogP contribution is -2.18. The van der Waals surface area contributed by atoms with E-state index in [1.54, 1.807) is 11.3 Å². The van der Waals surface area contributed by atoms with Gasteiger partial charge in [0.25, 0.3) is 0 Å². The minimum Gasteiger partial charge on any atom is -0.370 e. The summed E-state index contributed by atoms with van der Waals surface area (Å²) in [5, 5.41) is 6.70. The minimum absolute atomic E-state index is 0.0785. The molecule has 0 amide bonds. The first kappa shape index (κ1) is 15.7. The quantitative estimate of drug-likeness (QED) is 0.852. The van der Waals surface area contributed by atoms with Gasteiger partial charge in [0.05, 0.1) is 12.1 Å². The van der Waals surface area contributed by atoms with Gasteiger partial charge in [0, 0.05) is 29.1 Å². The molecule has 0 spiro atoms. The van der Waals surface area contributed by atoms with Crippen LogP contribution in [0.1, 0.15) is 44.8 Å². The Bertz CT molecular complexity index is 560. The van der Waals surface area contributed by atoms with Crippen LogP contribution in [0.25, 0.3) is 0 Å². The van der Waals surface area contributed by atoms with Gasteiger partial charge in [-0.1, -0.05) is 27.7 Å². The maximum Gasteiger partial charge on any atom is 0.138 e. The number of nitrogens with zero attached hydrogens (tertiary/aromatic N) is 3. The Kier molecular flexibility index (Phi) is 5.12. The van der Waals surface area contributed by atoms with Crippen LogP contribution in [0.3, 0.4) is 0 Å². The number of thiazole rings is 1. The molecule has 5 nitrogen and oxygen atoms in total. The maximum absolute atomic E-state index is 4.63. The zero-order valence-corrected chi connectivity index (χ0v) is 13.9. The van der Waals surface area contributed by atoms with E-state index < -0.39 is 0 Å². The van der Waals surface area contributed by atoms with Crippen LogP contribution < -0.4 is 10.6 Å². The van der Waals surface area contributed by atoms with E-state index in [9.17, 15) is 0 Å². The van der Waals surface area contributed by atoms with Gasteiger partial charge in [-0.25, -0.2) is 9.97 Å². The summed E-state index contributed by atoms with van der Waals surface area (Å²) in [5.41, 5.74) is 1.76. The molecule has 0 saturated carbocycles. The van der Waals surface area contributed by atoms with E-state index in [4.69, 9.17) is 0 Å². The number of rotatable bonds is 6. The molecule has 0 saturated heterocycles. The fourth-order valence-electron chi connectivity index (χ4n) is 1.72. The Morgan fingerprint density at radius 3 is 2.43 bits per heavy atom. The molecule has 2 rings (SSSR count). The second-order valence-corrected chi connectivity index (χ2v) is 6.93. The number of nitrogens with one attached hydrogen (secondary N) is 2. The standard InChI is InChI=1S/C15H23N5S/c1-5-6-17-12-7-13(18-9-11-8-16-10-21-11)20-14(19-12)15(2,3)4/h7-8,10H,5-6,9H2,1-4H3,(H2,17,18,19,20). The average molecular weight is 305 g/mol. The Morgan fingerprint density at radius 2 is 1.86 bits per heavy atom. The van der Waals surface area contributed by atoms with E-state index >= 15 is 0 Å². The van der Waals surface area contributed by atoms with Crippen LogP contribution in [-0.4, -0.2) is 21.5 Å². The van der Waals surface area contributed by atoms with Gasteiger partial charge in [0.1, 0.15) is 17.5 Å². The zero-order valence-electron chi connectivity index (χ0n) is 13.1. The molecule has 21 heavy (non-hydrogen) atoms. The highest BCUT2D eigenvalue weighted by molar-refractivity contribution is 7.09. The van der Waals surface area contributed by atoms with Crippen molar-refractivity contribution in [3.05, 3.63) is 28.5 Å². The lowest BCUT2D eigenvalue weighted by molar-refractivity contribution is 0.546. The normalized spacial score (nSPS) is 11.4. The molecule has 2 N–H and O–H groups in total. The fourth-order valence-corrected chi connectivity index (χ4v) is 2.26. The van der Waals surface area contributed by atoms with E-state index in [0.717, 1.165) is 37.0 Å². The molecule has 0 fully saturated rings. The lowest BCUT2D eigenvalue weighted by Gasteiger charge is -2.19. The molecule has 0 atom stereocenters. The first-order valence-corrected chi connectivity index (χ1v) is 8.11. The summed E-state index contributed by atoms with van der Waals surface area (Å²) in [7, 11) is 0. The van der Waals surface area contributed by atoms with Crippen LogP contribution in [0.2, 0.25) is 0 Å². The Morgan fingerprint density at radius 1 is 1.14 bits per heavy atom. The van der Waals surface area contributed by atoms with Crippen molar-refractivity contribution in [1.82, 2.24) is 15.0 Å². The van der Waals surface area contributed by atoms with Crippen molar-refractivity contribution in [2.24, 2.45) is 0 Å². The molecule has 2 aromatic heterocycles. The molecule has 2 heterocycles.